The van der Waals surface area contributed by atoms with Crippen LogP contribution in [0.25, 0.3) is 22.9 Å². The fourth-order valence-corrected chi connectivity index (χ4v) is 3.48. The van der Waals surface area contributed by atoms with Crippen LogP contribution in [-0.4, -0.2) is 27.6 Å². The number of pyridine rings is 1. The number of benzene rings is 2. The molecule has 0 N–H and O–H groups in total. The van der Waals surface area contributed by atoms with Gasteiger partial charge in [-0.25, -0.2) is 9.78 Å². The lowest BCUT2D eigenvalue weighted by Crippen LogP contribution is -2.26. The van der Waals surface area contributed by atoms with E-state index in [-0.39, 0.29) is 12.6 Å². The largest absolute Gasteiger partial charge is 0.447 e. The van der Waals surface area contributed by atoms with E-state index in [1.54, 1.807) is 23.4 Å². The maximum atomic E-state index is 12.7. The third-order valence-electron chi connectivity index (χ3n) is 4.84. The molecule has 1 atom stereocenters. The van der Waals surface area contributed by atoms with Crippen molar-refractivity contribution >= 4 is 29.0 Å². The molecule has 5 rings (SSSR count). The molecule has 0 aliphatic carbocycles. The third kappa shape index (κ3) is 3.25. The maximum absolute atomic E-state index is 12.7. The summed E-state index contributed by atoms with van der Waals surface area (Å²) in [5, 5.41) is 0. The summed E-state index contributed by atoms with van der Waals surface area (Å²) in [4.78, 5) is 23.1. The predicted molar refractivity (Wildman–Crippen MR) is 108 cm³/mol. The quantitative estimate of drug-likeness (QED) is 0.501. The van der Waals surface area contributed by atoms with Crippen molar-refractivity contribution in [3.8, 4) is 0 Å². The molecule has 1 aliphatic heterocycles. The molecular formula is C23H17N3O3. The van der Waals surface area contributed by atoms with Gasteiger partial charge >= 0.3 is 6.09 Å². The summed E-state index contributed by atoms with van der Waals surface area (Å²) in [5.74, 6) is 0.413. The first-order chi connectivity index (χ1) is 14.3. The molecule has 4 aromatic rings. The number of oxazole rings is 1. The Hall–Kier alpha value is -3.93. The minimum absolute atomic E-state index is 0.250. The monoisotopic (exact) mass is 383 g/mol. The zero-order chi connectivity index (χ0) is 19.6. The summed E-state index contributed by atoms with van der Waals surface area (Å²) in [6, 6.07) is 20.8. The number of aromatic nitrogens is 2. The van der Waals surface area contributed by atoms with Crippen molar-refractivity contribution in [2.45, 2.75) is 6.04 Å². The molecule has 6 heteroatoms. The van der Waals surface area contributed by atoms with Crippen molar-refractivity contribution < 1.29 is 13.9 Å². The lowest BCUT2D eigenvalue weighted by molar-refractivity contribution is 0.167. The number of ether oxygens (including phenoxy) is 1. The molecule has 3 heterocycles. The summed E-state index contributed by atoms with van der Waals surface area (Å²) >= 11 is 0. The van der Waals surface area contributed by atoms with Crippen molar-refractivity contribution in [1.82, 2.24) is 14.9 Å². The van der Waals surface area contributed by atoms with Gasteiger partial charge in [-0.1, -0.05) is 42.5 Å². The average molecular weight is 383 g/mol. The van der Waals surface area contributed by atoms with Crippen molar-refractivity contribution in [2.75, 3.05) is 6.61 Å². The number of rotatable bonds is 4. The van der Waals surface area contributed by atoms with Crippen LogP contribution in [0.3, 0.4) is 0 Å². The van der Waals surface area contributed by atoms with Gasteiger partial charge in [-0.15, -0.1) is 0 Å². The molecule has 1 fully saturated rings. The Morgan fingerprint density at radius 2 is 1.86 bits per heavy atom. The first kappa shape index (κ1) is 17.2. The molecule has 2 aromatic heterocycles. The molecule has 0 unspecified atom stereocenters. The van der Waals surface area contributed by atoms with Gasteiger partial charge in [0.15, 0.2) is 5.58 Å². The molecule has 0 saturated carbocycles. The van der Waals surface area contributed by atoms with Crippen LogP contribution in [0, 0.1) is 0 Å². The Morgan fingerprint density at radius 3 is 2.66 bits per heavy atom. The van der Waals surface area contributed by atoms with E-state index in [0.717, 1.165) is 16.6 Å². The van der Waals surface area contributed by atoms with Crippen LogP contribution >= 0.6 is 0 Å². The zero-order valence-corrected chi connectivity index (χ0v) is 15.4. The number of para-hydroxylation sites is 2. The van der Waals surface area contributed by atoms with Gasteiger partial charge in [-0.05, 0) is 29.8 Å². The molecule has 1 aliphatic rings. The van der Waals surface area contributed by atoms with Gasteiger partial charge in [0.1, 0.15) is 12.1 Å². The Kier molecular flexibility index (Phi) is 4.29. The van der Waals surface area contributed by atoms with Crippen molar-refractivity contribution in [3.05, 3.63) is 96.1 Å². The lowest BCUT2D eigenvalue weighted by Gasteiger charge is -2.24. The number of hydrogen-bond acceptors (Lipinski definition) is 5. The smallest absolute Gasteiger partial charge is 0.415 e. The number of carbonyl (C=O) groups is 1. The molecule has 0 radical (unpaired) electrons. The number of fused-ring (bicyclic) bond motifs is 1. The molecule has 142 valence electrons. The Balaban J connectivity index is 1.64. The maximum Gasteiger partial charge on any atom is 0.415 e. The fraction of sp³-hybridized carbons (Fsp3) is 0.0870. The van der Waals surface area contributed by atoms with Crippen LogP contribution in [-0.2, 0) is 4.74 Å². The standard InChI is InChI=1S/C23H17N3O3/c27-23-26(20(15-28-23)16-7-2-1-3-8-16)19(17-9-6-12-24-14-17)13-22-25-18-10-4-5-11-21(18)29-22/h1-14,20H,15H2/t20-/m0/s1. The molecule has 29 heavy (non-hydrogen) atoms. The van der Waals surface area contributed by atoms with E-state index >= 15 is 0 Å². The van der Waals surface area contributed by atoms with Crippen LogP contribution in [0.4, 0.5) is 4.79 Å². The highest BCUT2D eigenvalue weighted by molar-refractivity contribution is 5.90. The number of amides is 1. The van der Waals surface area contributed by atoms with Crippen LogP contribution in [0.15, 0.2) is 83.5 Å². The van der Waals surface area contributed by atoms with Crippen LogP contribution in [0.5, 0.6) is 0 Å². The summed E-state index contributed by atoms with van der Waals surface area (Å²) in [7, 11) is 0. The van der Waals surface area contributed by atoms with Crippen molar-refractivity contribution in [2.24, 2.45) is 0 Å². The van der Waals surface area contributed by atoms with E-state index in [0.29, 0.717) is 17.2 Å². The molecule has 2 aromatic carbocycles. The summed E-state index contributed by atoms with van der Waals surface area (Å²) < 4.78 is 11.3. The summed E-state index contributed by atoms with van der Waals surface area (Å²) in [6.07, 6.45) is 4.75. The number of carbonyl (C=O) groups excluding carboxylic acids is 1. The summed E-state index contributed by atoms with van der Waals surface area (Å²) in [5.41, 5.74) is 3.84. The van der Waals surface area contributed by atoms with E-state index in [1.807, 2.05) is 66.7 Å². The van der Waals surface area contributed by atoms with E-state index in [2.05, 4.69) is 9.97 Å². The predicted octanol–water partition coefficient (Wildman–Crippen LogP) is 4.91. The van der Waals surface area contributed by atoms with Crippen molar-refractivity contribution in [3.63, 3.8) is 0 Å². The molecule has 0 spiro atoms. The third-order valence-corrected chi connectivity index (χ3v) is 4.84. The number of nitrogens with zero attached hydrogens (tertiary/aromatic N) is 3. The molecule has 1 amide bonds. The highest BCUT2D eigenvalue weighted by Gasteiger charge is 2.37. The minimum atomic E-state index is -0.412. The number of cyclic esters (lactones) is 1. The fourth-order valence-electron chi connectivity index (χ4n) is 3.48. The van der Waals surface area contributed by atoms with E-state index in [9.17, 15) is 4.79 Å². The highest BCUT2D eigenvalue weighted by atomic mass is 16.6. The van der Waals surface area contributed by atoms with Crippen molar-refractivity contribution in [1.29, 1.82) is 0 Å². The van der Waals surface area contributed by atoms with Gasteiger partial charge in [0.25, 0.3) is 0 Å². The highest BCUT2D eigenvalue weighted by Crippen LogP contribution is 2.36. The Bertz CT molecular complexity index is 1150. The Morgan fingerprint density at radius 1 is 1.03 bits per heavy atom. The summed E-state index contributed by atoms with van der Waals surface area (Å²) in [6.45, 7) is 0.272. The lowest BCUT2D eigenvalue weighted by atomic mass is 10.0. The molecule has 0 bridgehead atoms. The van der Waals surface area contributed by atoms with Gasteiger partial charge in [-0.3, -0.25) is 9.88 Å². The van der Waals surface area contributed by atoms with Gasteiger partial charge in [0, 0.05) is 24.0 Å². The molecular weight excluding hydrogens is 366 g/mol. The Labute approximate surface area is 167 Å². The SMILES string of the molecule is O=C1OC[C@@H](c2ccccc2)N1C(=Cc1nc2ccccc2o1)c1cccnc1. The molecule has 1 saturated heterocycles. The second kappa shape index (κ2) is 7.24. The van der Waals surface area contributed by atoms with Gasteiger partial charge < -0.3 is 9.15 Å². The normalized spacial score (nSPS) is 17.0. The average Bonchev–Trinajstić information content (AvgIpc) is 3.36. The van der Waals surface area contributed by atoms with Gasteiger partial charge in [0.2, 0.25) is 5.89 Å². The van der Waals surface area contributed by atoms with E-state index in [4.69, 9.17) is 9.15 Å². The van der Waals surface area contributed by atoms with Crippen LogP contribution in [0.1, 0.15) is 23.1 Å². The molecule has 6 nitrogen and oxygen atoms in total. The topological polar surface area (TPSA) is 68.5 Å². The second-order valence-electron chi connectivity index (χ2n) is 6.66. The van der Waals surface area contributed by atoms with Gasteiger partial charge in [0.05, 0.1) is 11.7 Å². The number of hydrogen-bond donors (Lipinski definition) is 0. The second-order valence-corrected chi connectivity index (χ2v) is 6.66. The van der Waals surface area contributed by atoms with Gasteiger partial charge in [-0.2, -0.15) is 0 Å². The first-order valence-electron chi connectivity index (χ1n) is 9.28. The van der Waals surface area contributed by atoms with Crippen LogP contribution < -0.4 is 0 Å². The van der Waals surface area contributed by atoms with Crippen LogP contribution in [0.2, 0.25) is 0 Å². The van der Waals surface area contributed by atoms with E-state index in [1.165, 1.54) is 0 Å². The first-order valence-corrected chi connectivity index (χ1v) is 9.28. The zero-order valence-electron chi connectivity index (χ0n) is 15.4. The van der Waals surface area contributed by atoms with E-state index < -0.39 is 6.09 Å². The minimum Gasteiger partial charge on any atom is -0.447 e.